The monoisotopic (exact) mass is 702 g/mol. The molecule has 0 radical (unpaired) electrons. The summed E-state index contributed by atoms with van der Waals surface area (Å²) < 4.78 is 20.7. The Balaban J connectivity index is 1.76. The van der Waals surface area contributed by atoms with Crippen molar-refractivity contribution in [2.75, 3.05) is 39.1 Å². The zero-order valence-corrected chi connectivity index (χ0v) is 27.4. The van der Waals surface area contributed by atoms with Gasteiger partial charge in [-0.25, -0.2) is 19.2 Å². The molecular formula is C35H30N2O14. The Kier molecular flexibility index (Phi) is 11.1. The van der Waals surface area contributed by atoms with Crippen LogP contribution in [-0.4, -0.2) is 84.6 Å². The van der Waals surface area contributed by atoms with E-state index in [1.54, 1.807) is 0 Å². The van der Waals surface area contributed by atoms with E-state index in [2.05, 4.69) is 10.6 Å². The third-order valence-corrected chi connectivity index (χ3v) is 7.46. The van der Waals surface area contributed by atoms with E-state index < -0.39 is 35.7 Å². The second kappa shape index (κ2) is 15.4. The van der Waals surface area contributed by atoms with Gasteiger partial charge in [0.25, 0.3) is 11.8 Å². The van der Waals surface area contributed by atoms with Crippen molar-refractivity contribution < 1.29 is 68.1 Å². The van der Waals surface area contributed by atoms with Gasteiger partial charge < -0.3 is 50.0 Å². The molecule has 0 aliphatic rings. The van der Waals surface area contributed by atoms with E-state index in [0.717, 1.165) is 12.1 Å². The van der Waals surface area contributed by atoms with Gasteiger partial charge in [-0.15, -0.1) is 0 Å². The number of aromatic carboxylic acids is 4. The number of amides is 2. The summed E-state index contributed by atoms with van der Waals surface area (Å²) >= 11 is 0. The molecule has 0 bridgehead atoms. The van der Waals surface area contributed by atoms with E-state index in [0.29, 0.717) is 0 Å². The van der Waals surface area contributed by atoms with E-state index in [1.165, 1.54) is 77.0 Å². The van der Waals surface area contributed by atoms with Gasteiger partial charge in [0.05, 0.1) is 39.8 Å². The first-order valence-corrected chi connectivity index (χ1v) is 14.6. The molecule has 0 aromatic heterocycles. The maximum absolute atomic E-state index is 13.2. The van der Waals surface area contributed by atoms with Gasteiger partial charge in [0.1, 0.15) is 33.8 Å². The zero-order valence-electron chi connectivity index (χ0n) is 27.4. The third kappa shape index (κ3) is 7.97. The summed E-state index contributed by atoms with van der Waals surface area (Å²) in [6, 6.07) is 12.6. The van der Waals surface area contributed by atoms with Gasteiger partial charge in [-0.05, 0) is 78.2 Å². The van der Waals surface area contributed by atoms with Crippen LogP contribution in [0.25, 0.3) is 0 Å². The number of hydrogen-bond acceptors (Lipinski definition) is 10. The number of hydrogen-bond donors (Lipinski definition) is 6. The lowest BCUT2D eigenvalue weighted by Crippen LogP contribution is -2.16. The Morgan fingerprint density at radius 1 is 0.490 bits per heavy atom. The van der Waals surface area contributed by atoms with Crippen molar-refractivity contribution in [3.05, 3.63) is 105 Å². The van der Waals surface area contributed by atoms with Gasteiger partial charge in [0.2, 0.25) is 0 Å². The molecule has 2 amide bonds. The molecular weight excluding hydrogens is 672 g/mol. The molecule has 0 spiro atoms. The number of nitrogens with one attached hydrogen (secondary N) is 2. The molecule has 0 heterocycles. The molecule has 16 heteroatoms. The summed E-state index contributed by atoms with van der Waals surface area (Å²) in [6.07, 6.45) is -0.141. The lowest BCUT2D eigenvalue weighted by atomic mass is 9.98. The van der Waals surface area contributed by atoms with Crippen LogP contribution in [-0.2, 0) is 6.42 Å². The SMILES string of the molecule is COc1ccc(C(=O)Nc2cc(Cc3cc(NC(=O)c4ccc(OC)c(C(=O)O)c4)c(OC)c(C(=O)O)c3)cc(C(=O)O)c2OC)cc1C(=O)O. The van der Waals surface area contributed by atoms with Crippen LogP contribution in [0.15, 0.2) is 60.7 Å². The molecule has 51 heavy (non-hydrogen) atoms. The van der Waals surface area contributed by atoms with Gasteiger partial charge >= 0.3 is 23.9 Å². The van der Waals surface area contributed by atoms with Gasteiger partial charge in [-0.1, -0.05) is 0 Å². The lowest BCUT2D eigenvalue weighted by molar-refractivity contribution is 0.0682. The number of carbonyl (C=O) groups excluding carboxylic acids is 2. The van der Waals surface area contributed by atoms with Gasteiger partial charge in [-0.3, -0.25) is 9.59 Å². The topological polar surface area (TPSA) is 244 Å². The smallest absolute Gasteiger partial charge is 0.339 e. The first kappa shape index (κ1) is 36.7. The number of ether oxygens (including phenoxy) is 4. The summed E-state index contributed by atoms with van der Waals surface area (Å²) in [5, 5.41) is 44.1. The molecule has 0 aliphatic heterocycles. The normalized spacial score (nSPS) is 10.4. The number of anilines is 2. The average Bonchev–Trinajstić information content (AvgIpc) is 3.10. The van der Waals surface area contributed by atoms with Crippen molar-refractivity contribution in [3.63, 3.8) is 0 Å². The predicted molar refractivity (Wildman–Crippen MR) is 179 cm³/mol. The van der Waals surface area contributed by atoms with Crippen LogP contribution in [0.4, 0.5) is 11.4 Å². The highest BCUT2D eigenvalue weighted by Crippen LogP contribution is 2.36. The fraction of sp³-hybridized carbons (Fsp3) is 0.143. The van der Waals surface area contributed by atoms with Crippen LogP contribution in [0.2, 0.25) is 0 Å². The first-order valence-electron chi connectivity index (χ1n) is 14.6. The molecule has 0 saturated carbocycles. The molecule has 4 rings (SSSR count). The highest BCUT2D eigenvalue weighted by Gasteiger charge is 2.24. The van der Waals surface area contributed by atoms with Crippen molar-refractivity contribution in [1.29, 1.82) is 0 Å². The standard InChI is InChI=1S/C35H30N2O14/c1-48-26-7-5-18(14-20(26)32(40)41)30(38)36-24-12-16(10-22(34(44)45)28(24)50-3)9-17-11-23(35(46)47)29(51-4)25(13-17)37-31(39)19-6-8-27(49-2)21(15-19)33(42)43/h5-8,10-15H,9H2,1-4H3,(H,36,38)(H,37,39)(H,40,41)(H,42,43)(H,44,45)(H,46,47). The molecule has 6 N–H and O–H groups in total. The van der Waals surface area contributed by atoms with Crippen LogP contribution in [0, 0.1) is 0 Å². The highest BCUT2D eigenvalue weighted by molar-refractivity contribution is 6.09. The maximum Gasteiger partial charge on any atom is 0.339 e. The van der Waals surface area contributed by atoms with Gasteiger partial charge in [0.15, 0.2) is 11.5 Å². The Labute approximate surface area is 288 Å². The Morgan fingerprint density at radius 2 is 0.843 bits per heavy atom. The molecule has 0 aliphatic carbocycles. The van der Waals surface area contributed by atoms with E-state index in [1.807, 2.05) is 0 Å². The largest absolute Gasteiger partial charge is 0.496 e. The first-order chi connectivity index (χ1) is 24.2. The average molecular weight is 703 g/mol. The number of carboxylic acids is 4. The molecule has 4 aromatic rings. The molecule has 264 valence electrons. The van der Waals surface area contributed by atoms with Crippen molar-refractivity contribution in [1.82, 2.24) is 0 Å². The second-order valence-electron chi connectivity index (χ2n) is 10.6. The van der Waals surface area contributed by atoms with Gasteiger partial charge in [0, 0.05) is 11.1 Å². The van der Waals surface area contributed by atoms with Crippen LogP contribution in [0.3, 0.4) is 0 Å². The van der Waals surface area contributed by atoms with E-state index in [-0.39, 0.29) is 85.3 Å². The third-order valence-electron chi connectivity index (χ3n) is 7.46. The minimum Gasteiger partial charge on any atom is -0.496 e. The summed E-state index contributed by atoms with van der Waals surface area (Å²) in [5.41, 5.74) is -1.17. The molecule has 0 saturated heterocycles. The predicted octanol–water partition coefficient (Wildman–Crippen LogP) is 4.61. The van der Waals surface area contributed by atoms with Crippen LogP contribution in [0.5, 0.6) is 23.0 Å². The fourth-order valence-corrected chi connectivity index (χ4v) is 5.18. The van der Waals surface area contributed by atoms with Crippen molar-refractivity contribution in [2.24, 2.45) is 0 Å². The number of carboxylic acid groups (broad SMARTS) is 4. The van der Waals surface area contributed by atoms with E-state index in [4.69, 9.17) is 18.9 Å². The molecule has 0 fully saturated rings. The van der Waals surface area contributed by atoms with Crippen LogP contribution < -0.4 is 29.6 Å². The summed E-state index contributed by atoms with van der Waals surface area (Å²) in [4.78, 5) is 74.4. The molecule has 16 nitrogen and oxygen atoms in total. The van der Waals surface area contributed by atoms with Crippen molar-refractivity contribution >= 4 is 47.1 Å². The van der Waals surface area contributed by atoms with E-state index in [9.17, 15) is 49.2 Å². The minimum absolute atomic E-state index is 0.0107. The quantitative estimate of drug-likeness (QED) is 0.105. The molecule has 0 atom stereocenters. The van der Waals surface area contributed by atoms with Crippen LogP contribution >= 0.6 is 0 Å². The zero-order chi connectivity index (χ0) is 37.6. The Morgan fingerprint density at radius 3 is 1.14 bits per heavy atom. The minimum atomic E-state index is -1.42. The number of benzene rings is 4. The summed E-state index contributed by atoms with van der Waals surface area (Å²) in [7, 11) is 4.91. The Bertz CT molecular complexity index is 1940. The highest BCUT2D eigenvalue weighted by atomic mass is 16.5. The maximum atomic E-state index is 13.2. The Hall–Kier alpha value is -7.10. The lowest BCUT2D eigenvalue weighted by Gasteiger charge is -2.17. The van der Waals surface area contributed by atoms with Crippen molar-refractivity contribution in [2.45, 2.75) is 6.42 Å². The molecule has 4 aromatic carbocycles. The number of methoxy groups -OCH3 is 4. The van der Waals surface area contributed by atoms with E-state index >= 15 is 0 Å². The fourth-order valence-electron chi connectivity index (χ4n) is 5.18. The molecule has 0 unspecified atom stereocenters. The number of carbonyl (C=O) groups is 6. The summed E-state index contributed by atoms with van der Waals surface area (Å²) in [6.45, 7) is 0. The summed E-state index contributed by atoms with van der Waals surface area (Å²) in [5.74, 6) is -7.57. The second-order valence-corrected chi connectivity index (χ2v) is 10.6. The van der Waals surface area contributed by atoms with Crippen LogP contribution in [0.1, 0.15) is 73.3 Å². The number of rotatable bonds is 14. The van der Waals surface area contributed by atoms with Crippen molar-refractivity contribution in [3.8, 4) is 23.0 Å². The van der Waals surface area contributed by atoms with Gasteiger partial charge in [-0.2, -0.15) is 0 Å².